The van der Waals surface area contributed by atoms with E-state index in [1.807, 2.05) is 29.2 Å². The first-order chi connectivity index (χ1) is 16.2. The molecule has 2 aromatic carbocycles. The molecule has 0 aromatic heterocycles. The molecule has 1 N–H and O–H groups in total. The number of piperazine rings is 1. The van der Waals surface area contributed by atoms with Crippen LogP contribution >= 0.6 is 11.6 Å². The Kier molecular flexibility index (Phi) is 7.63. The zero-order valence-corrected chi connectivity index (χ0v) is 21.3. The summed E-state index contributed by atoms with van der Waals surface area (Å²) in [4.78, 5) is 30.7. The van der Waals surface area contributed by atoms with Gasteiger partial charge in [-0.3, -0.25) is 14.5 Å². The zero-order valence-electron chi connectivity index (χ0n) is 20.5. The monoisotopic (exact) mass is 481 g/mol. The fourth-order valence-electron chi connectivity index (χ4n) is 5.23. The number of rotatable bonds is 5. The van der Waals surface area contributed by atoms with Crippen LogP contribution in [0, 0.1) is 5.92 Å². The zero-order chi connectivity index (χ0) is 24.3. The molecule has 2 aromatic rings. The Labute approximate surface area is 208 Å². The van der Waals surface area contributed by atoms with Crippen molar-refractivity contribution in [1.82, 2.24) is 9.80 Å². The number of benzene rings is 2. The molecule has 0 bridgehead atoms. The number of nitrogens with zero attached hydrogens (tertiary/aromatic N) is 2. The number of hydrogen-bond donors (Lipinski definition) is 1. The molecule has 0 radical (unpaired) electrons. The molecule has 4 rings (SSSR count). The van der Waals surface area contributed by atoms with Gasteiger partial charge in [-0.15, -0.1) is 0 Å². The highest BCUT2D eigenvalue weighted by Gasteiger charge is 2.37. The SMILES string of the molecule is CC(C)(C)c1ccc(C(=O)N2CCN([C@H](C(=O)Nc3cccc(Cl)c3)C3CCCC3)CC2)cc1. The number of anilines is 1. The van der Waals surface area contributed by atoms with Crippen LogP contribution in [0.1, 0.15) is 62.4 Å². The molecule has 0 unspecified atom stereocenters. The van der Waals surface area contributed by atoms with E-state index in [2.05, 4.69) is 43.1 Å². The predicted molar refractivity (Wildman–Crippen MR) is 138 cm³/mol. The van der Waals surface area contributed by atoms with Gasteiger partial charge >= 0.3 is 0 Å². The molecular formula is C28H36ClN3O2. The van der Waals surface area contributed by atoms with Crippen LogP contribution < -0.4 is 5.32 Å². The van der Waals surface area contributed by atoms with E-state index < -0.39 is 0 Å². The Balaban J connectivity index is 1.41. The smallest absolute Gasteiger partial charge is 0.253 e. The minimum Gasteiger partial charge on any atom is -0.336 e. The quantitative estimate of drug-likeness (QED) is 0.605. The summed E-state index contributed by atoms with van der Waals surface area (Å²) in [7, 11) is 0. The lowest BCUT2D eigenvalue weighted by atomic mass is 9.86. The number of carbonyl (C=O) groups is 2. The molecule has 1 atom stereocenters. The van der Waals surface area contributed by atoms with Crippen molar-refractivity contribution in [2.75, 3.05) is 31.5 Å². The van der Waals surface area contributed by atoms with E-state index in [1.54, 1.807) is 12.1 Å². The Hall–Kier alpha value is -2.37. The molecule has 6 heteroatoms. The highest BCUT2D eigenvalue weighted by Crippen LogP contribution is 2.32. The summed E-state index contributed by atoms with van der Waals surface area (Å²) in [6.07, 6.45) is 4.50. The molecule has 182 valence electrons. The summed E-state index contributed by atoms with van der Waals surface area (Å²) >= 11 is 6.11. The van der Waals surface area contributed by atoms with E-state index in [0.29, 0.717) is 37.1 Å². The average Bonchev–Trinajstić information content (AvgIpc) is 3.33. The third kappa shape index (κ3) is 5.81. The lowest BCUT2D eigenvalue weighted by Gasteiger charge is -2.40. The maximum atomic E-state index is 13.4. The highest BCUT2D eigenvalue weighted by molar-refractivity contribution is 6.30. The second kappa shape index (κ2) is 10.5. The fraction of sp³-hybridized carbons (Fsp3) is 0.500. The maximum absolute atomic E-state index is 13.4. The molecule has 2 aliphatic rings. The summed E-state index contributed by atoms with van der Waals surface area (Å²) < 4.78 is 0. The average molecular weight is 482 g/mol. The highest BCUT2D eigenvalue weighted by atomic mass is 35.5. The van der Waals surface area contributed by atoms with Crippen LogP contribution in [0.15, 0.2) is 48.5 Å². The van der Waals surface area contributed by atoms with Gasteiger partial charge in [0.15, 0.2) is 0 Å². The van der Waals surface area contributed by atoms with Crippen LogP contribution in [-0.2, 0) is 10.2 Å². The summed E-state index contributed by atoms with van der Waals surface area (Å²) in [5, 5.41) is 3.70. The minimum atomic E-state index is -0.176. The van der Waals surface area contributed by atoms with Crippen LogP contribution in [0.2, 0.25) is 5.02 Å². The van der Waals surface area contributed by atoms with Gasteiger partial charge < -0.3 is 10.2 Å². The van der Waals surface area contributed by atoms with Gasteiger partial charge in [0.05, 0.1) is 6.04 Å². The number of halogens is 1. The van der Waals surface area contributed by atoms with Gasteiger partial charge in [0.25, 0.3) is 5.91 Å². The van der Waals surface area contributed by atoms with Crippen molar-refractivity contribution in [2.45, 2.75) is 57.9 Å². The first-order valence-electron chi connectivity index (χ1n) is 12.4. The van der Waals surface area contributed by atoms with Crippen LogP contribution in [0.25, 0.3) is 0 Å². The summed E-state index contributed by atoms with van der Waals surface area (Å²) in [6.45, 7) is 9.19. The molecule has 2 fully saturated rings. The van der Waals surface area contributed by atoms with Crippen molar-refractivity contribution in [3.8, 4) is 0 Å². The van der Waals surface area contributed by atoms with E-state index in [1.165, 1.54) is 18.4 Å². The Morgan fingerprint density at radius 1 is 0.971 bits per heavy atom. The summed E-state index contributed by atoms with van der Waals surface area (Å²) in [5.41, 5.74) is 2.74. The predicted octanol–water partition coefficient (Wildman–Crippen LogP) is 5.59. The van der Waals surface area contributed by atoms with Gasteiger partial charge in [0.1, 0.15) is 0 Å². The molecule has 1 aliphatic carbocycles. The molecule has 5 nitrogen and oxygen atoms in total. The standard InChI is InChI=1S/C28H36ClN3O2/c1-28(2,3)22-13-11-21(12-14-22)27(34)32-17-15-31(16-18-32)25(20-7-4-5-8-20)26(33)30-24-10-6-9-23(29)19-24/h6,9-14,19-20,25H,4-5,7-8,15-18H2,1-3H3,(H,30,33)/t25-/m0/s1. The van der Waals surface area contributed by atoms with Crippen LogP contribution in [0.4, 0.5) is 5.69 Å². The second-order valence-corrected chi connectivity index (χ2v) is 11.1. The summed E-state index contributed by atoms with van der Waals surface area (Å²) in [5.74, 6) is 0.457. The van der Waals surface area contributed by atoms with Gasteiger partial charge in [0, 0.05) is 42.5 Å². The molecule has 1 saturated carbocycles. The molecular weight excluding hydrogens is 446 g/mol. The molecule has 1 heterocycles. The number of carbonyl (C=O) groups excluding carboxylic acids is 2. The molecule has 1 aliphatic heterocycles. The van der Waals surface area contributed by atoms with E-state index in [0.717, 1.165) is 24.1 Å². The van der Waals surface area contributed by atoms with Gasteiger partial charge in [-0.2, -0.15) is 0 Å². The minimum absolute atomic E-state index is 0.0340. The molecule has 0 spiro atoms. The lowest BCUT2D eigenvalue weighted by Crippen LogP contribution is -2.56. The Morgan fingerprint density at radius 3 is 2.21 bits per heavy atom. The third-order valence-corrected chi connectivity index (χ3v) is 7.43. The number of amides is 2. The summed E-state index contributed by atoms with van der Waals surface area (Å²) in [6, 6.07) is 15.1. The van der Waals surface area contributed by atoms with Crippen LogP contribution in [0.5, 0.6) is 0 Å². The fourth-order valence-corrected chi connectivity index (χ4v) is 5.42. The normalized spacial score (nSPS) is 18.6. The molecule has 1 saturated heterocycles. The first-order valence-corrected chi connectivity index (χ1v) is 12.8. The van der Waals surface area contributed by atoms with E-state index in [-0.39, 0.29) is 23.3 Å². The van der Waals surface area contributed by atoms with Crippen molar-refractivity contribution in [3.05, 3.63) is 64.7 Å². The van der Waals surface area contributed by atoms with Gasteiger partial charge in [-0.1, -0.05) is 63.4 Å². The largest absolute Gasteiger partial charge is 0.336 e. The third-order valence-electron chi connectivity index (χ3n) is 7.20. The number of hydrogen-bond acceptors (Lipinski definition) is 3. The van der Waals surface area contributed by atoms with Crippen LogP contribution in [-0.4, -0.2) is 53.8 Å². The van der Waals surface area contributed by atoms with Crippen LogP contribution in [0.3, 0.4) is 0 Å². The van der Waals surface area contributed by atoms with Crippen molar-refractivity contribution in [1.29, 1.82) is 0 Å². The van der Waals surface area contributed by atoms with Gasteiger partial charge in [0.2, 0.25) is 5.91 Å². The lowest BCUT2D eigenvalue weighted by molar-refractivity contribution is -0.123. The Bertz CT molecular complexity index is 1000. The Morgan fingerprint density at radius 2 is 1.62 bits per heavy atom. The topological polar surface area (TPSA) is 52.7 Å². The molecule has 2 amide bonds. The van der Waals surface area contributed by atoms with E-state index in [4.69, 9.17) is 11.6 Å². The van der Waals surface area contributed by atoms with Crippen molar-refractivity contribution in [2.24, 2.45) is 5.92 Å². The van der Waals surface area contributed by atoms with Crippen molar-refractivity contribution in [3.63, 3.8) is 0 Å². The van der Waals surface area contributed by atoms with Gasteiger partial charge in [-0.25, -0.2) is 0 Å². The van der Waals surface area contributed by atoms with E-state index >= 15 is 0 Å². The number of nitrogens with one attached hydrogen (secondary N) is 1. The van der Waals surface area contributed by atoms with Gasteiger partial charge in [-0.05, 0) is 60.1 Å². The molecule has 34 heavy (non-hydrogen) atoms. The van der Waals surface area contributed by atoms with Crippen molar-refractivity contribution >= 4 is 29.1 Å². The van der Waals surface area contributed by atoms with E-state index in [9.17, 15) is 9.59 Å². The second-order valence-electron chi connectivity index (χ2n) is 10.6. The van der Waals surface area contributed by atoms with Crippen molar-refractivity contribution < 1.29 is 9.59 Å². The maximum Gasteiger partial charge on any atom is 0.253 e. The first kappa shape index (κ1) is 24.7.